The molecule has 2 aromatic rings. The zero-order chi connectivity index (χ0) is 13.8. The second kappa shape index (κ2) is 6.00. The quantitative estimate of drug-likeness (QED) is 0.906. The standard InChI is InChI=1S/C17H20O2/c1-12-4-5-13(2)16(10-12)17(18)15-8-6-14(7-9-15)11-19-3/h4-10,17-18H,11H2,1-3H3. The number of hydrogen-bond donors (Lipinski definition) is 1. The van der Waals surface area contributed by atoms with Crippen LogP contribution in [0.2, 0.25) is 0 Å². The van der Waals surface area contributed by atoms with Crippen molar-refractivity contribution < 1.29 is 9.84 Å². The van der Waals surface area contributed by atoms with Crippen LogP contribution in [0.1, 0.15) is 33.9 Å². The van der Waals surface area contributed by atoms with Crippen LogP contribution < -0.4 is 0 Å². The van der Waals surface area contributed by atoms with Crippen molar-refractivity contribution in [2.75, 3.05) is 7.11 Å². The Morgan fingerprint density at radius 2 is 1.74 bits per heavy atom. The summed E-state index contributed by atoms with van der Waals surface area (Å²) in [6.07, 6.45) is -0.573. The van der Waals surface area contributed by atoms with E-state index in [0.717, 1.165) is 27.8 Å². The molecule has 1 atom stereocenters. The molecular formula is C17H20O2. The van der Waals surface area contributed by atoms with E-state index in [4.69, 9.17) is 4.74 Å². The molecular weight excluding hydrogens is 236 g/mol. The van der Waals surface area contributed by atoms with Crippen molar-refractivity contribution in [1.82, 2.24) is 0 Å². The largest absolute Gasteiger partial charge is 0.384 e. The molecule has 0 saturated carbocycles. The van der Waals surface area contributed by atoms with Crippen LogP contribution in [0.15, 0.2) is 42.5 Å². The number of hydrogen-bond acceptors (Lipinski definition) is 2. The number of aliphatic hydroxyl groups excluding tert-OH is 1. The molecule has 0 spiro atoms. The molecule has 2 rings (SSSR count). The fraction of sp³-hybridized carbons (Fsp3) is 0.294. The van der Waals surface area contributed by atoms with Crippen LogP contribution >= 0.6 is 0 Å². The van der Waals surface area contributed by atoms with Gasteiger partial charge in [-0.25, -0.2) is 0 Å². The van der Waals surface area contributed by atoms with Gasteiger partial charge in [-0.2, -0.15) is 0 Å². The van der Waals surface area contributed by atoms with Gasteiger partial charge in [0.1, 0.15) is 6.10 Å². The summed E-state index contributed by atoms with van der Waals surface area (Å²) in [7, 11) is 1.68. The van der Waals surface area contributed by atoms with Gasteiger partial charge >= 0.3 is 0 Å². The topological polar surface area (TPSA) is 29.5 Å². The zero-order valence-corrected chi connectivity index (χ0v) is 11.7. The summed E-state index contributed by atoms with van der Waals surface area (Å²) in [5.74, 6) is 0. The highest BCUT2D eigenvalue weighted by Crippen LogP contribution is 2.26. The third kappa shape index (κ3) is 3.22. The monoisotopic (exact) mass is 256 g/mol. The summed E-state index contributed by atoms with van der Waals surface area (Å²) in [4.78, 5) is 0. The number of aliphatic hydroxyl groups is 1. The fourth-order valence-electron chi connectivity index (χ4n) is 2.20. The Balaban J connectivity index is 2.27. The van der Waals surface area contributed by atoms with Crippen LogP contribution in [0, 0.1) is 13.8 Å². The van der Waals surface area contributed by atoms with E-state index in [1.165, 1.54) is 0 Å². The first kappa shape index (κ1) is 13.8. The van der Waals surface area contributed by atoms with Crippen LogP contribution in [0.5, 0.6) is 0 Å². The summed E-state index contributed by atoms with van der Waals surface area (Å²) in [6, 6.07) is 14.1. The van der Waals surface area contributed by atoms with E-state index in [1.807, 2.05) is 50.2 Å². The van der Waals surface area contributed by atoms with Gasteiger partial charge in [0, 0.05) is 7.11 Å². The maximum absolute atomic E-state index is 10.5. The van der Waals surface area contributed by atoms with Crippen molar-refractivity contribution in [2.45, 2.75) is 26.6 Å². The van der Waals surface area contributed by atoms with Crippen molar-refractivity contribution in [3.63, 3.8) is 0 Å². The van der Waals surface area contributed by atoms with Gasteiger partial charge in [-0.3, -0.25) is 0 Å². The Labute approximate surface area is 114 Å². The Hall–Kier alpha value is -1.64. The predicted octanol–water partition coefficient (Wildman–Crippen LogP) is 3.53. The second-order valence-electron chi connectivity index (χ2n) is 4.94. The van der Waals surface area contributed by atoms with Crippen molar-refractivity contribution >= 4 is 0 Å². The van der Waals surface area contributed by atoms with Crippen molar-refractivity contribution in [3.05, 3.63) is 70.3 Å². The lowest BCUT2D eigenvalue weighted by molar-refractivity contribution is 0.184. The summed E-state index contributed by atoms with van der Waals surface area (Å²) >= 11 is 0. The van der Waals surface area contributed by atoms with Gasteiger partial charge in [-0.1, -0.05) is 48.0 Å². The van der Waals surface area contributed by atoms with E-state index in [2.05, 4.69) is 6.07 Å². The number of rotatable bonds is 4. The molecule has 1 N–H and O–H groups in total. The van der Waals surface area contributed by atoms with Crippen molar-refractivity contribution in [2.24, 2.45) is 0 Å². The Kier molecular flexibility index (Phi) is 4.35. The van der Waals surface area contributed by atoms with Gasteiger partial charge in [0.05, 0.1) is 6.61 Å². The minimum atomic E-state index is -0.573. The Morgan fingerprint density at radius 1 is 1.05 bits per heavy atom. The molecule has 0 radical (unpaired) electrons. The van der Waals surface area contributed by atoms with Gasteiger partial charge in [-0.15, -0.1) is 0 Å². The Bertz CT molecular complexity index is 544. The van der Waals surface area contributed by atoms with Crippen LogP contribution in [-0.2, 0) is 11.3 Å². The molecule has 2 heteroatoms. The van der Waals surface area contributed by atoms with E-state index in [-0.39, 0.29) is 0 Å². The lowest BCUT2D eigenvalue weighted by Gasteiger charge is -2.15. The molecule has 0 heterocycles. The summed E-state index contributed by atoms with van der Waals surface area (Å²) in [6.45, 7) is 4.66. The van der Waals surface area contributed by atoms with Crippen LogP contribution in [-0.4, -0.2) is 12.2 Å². The van der Waals surface area contributed by atoms with Gasteiger partial charge in [0.15, 0.2) is 0 Å². The maximum Gasteiger partial charge on any atom is 0.104 e. The first-order valence-corrected chi connectivity index (χ1v) is 6.45. The highest BCUT2D eigenvalue weighted by Gasteiger charge is 2.12. The predicted molar refractivity (Wildman–Crippen MR) is 77.1 cm³/mol. The van der Waals surface area contributed by atoms with Crippen LogP contribution in [0.4, 0.5) is 0 Å². The average Bonchev–Trinajstić information content (AvgIpc) is 2.42. The number of aryl methyl sites for hydroxylation is 2. The molecule has 100 valence electrons. The van der Waals surface area contributed by atoms with E-state index >= 15 is 0 Å². The summed E-state index contributed by atoms with van der Waals surface area (Å²) in [5, 5.41) is 10.5. The SMILES string of the molecule is COCc1ccc(C(O)c2cc(C)ccc2C)cc1. The minimum Gasteiger partial charge on any atom is -0.384 e. The third-order valence-corrected chi connectivity index (χ3v) is 3.34. The fourth-order valence-corrected chi connectivity index (χ4v) is 2.20. The van der Waals surface area contributed by atoms with Crippen LogP contribution in [0.3, 0.4) is 0 Å². The lowest BCUT2D eigenvalue weighted by atomic mass is 9.95. The summed E-state index contributed by atoms with van der Waals surface area (Å²) in [5.41, 5.74) is 5.27. The average molecular weight is 256 g/mol. The second-order valence-corrected chi connectivity index (χ2v) is 4.94. The number of ether oxygens (including phenoxy) is 1. The van der Waals surface area contributed by atoms with Gasteiger partial charge in [0.25, 0.3) is 0 Å². The molecule has 0 aliphatic rings. The molecule has 1 unspecified atom stereocenters. The van der Waals surface area contributed by atoms with Crippen molar-refractivity contribution in [1.29, 1.82) is 0 Å². The van der Waals surface area contributed by atoms with Crippen LogP contribution in [0.25, 0.3) is 0 Å². The van der Waals surface area contributed by atoms with Gasteiger partial charge in [-0.05, 0) is 36.1 Å². The number of benzene rings is 2. The molecule has 2 nitrogen and oxygen atoms in total. The van der Waals surface area contributed by atoms with E-state index < -0.39 is 6.10 Å². The van der Waals surface area contributed by atoms with Gasteiger partial charge in [0.2, 0.25) is 0 Å². The van der Waals surface area contributed by atoms with Gasteiger partial charge < -0.3 is 9.84 Å². The molecule has 0 fully saturated rings. The highest BCUT2D eigenvalue weighted by molar-refractivity contribution is 5.38. The molecule has 2 aromatic carbocycles. The van der Waals surface area contributed by atoms with Crippen molar-refractivity contribution in [3.8, 4) is 0 Å². The smallest absolute Gasteiger partial charge is 0.104 e. The molecule has 0 aliphatic heterocycles. The lowest BCUT2D eigenvalue weighted by Crippen LogP contribution is -2.02. The molecule has 0 amide bonds. The van der Waals surface area contributed by atoms with E-state index in [0.29, 0.717) is 6.61 Å². The minimum absolute atomic E-state index is 0.573. The third-order valence-electron chi connectivity index (χ3n) is 3.34. The summed E-state index contributed by atoms with van der Waals surface area (Å²) < 4.78 is 5.09. The first-order valence-electron chi connectivity index (χ1n) is 6.45. The zero-order valence-electron chi connectivity index (χ0n) is 11.7. The number of methoxy groups -OCH3 is 1. The highest BCUT2D eigenvalue weighted by atomic mass is 16.5. The van der Waals surface area contributed by atoms with E-state index in [1.54, 1.807) is 7.11 Å². The normalized spacial score (nSPS) is 12.4. The van der Waals surface area contributed by atoms with E-state index in [9.17, 15) is 5.11 Å². The molecule has 0 aliphatic carbocycles. The first-order chi connectivity index (χ1) is 9.11. The molecule has 0 saturated heterocycles. The Morgan fingerprint density at radius 3 is 2.37 bits per heavy atom. The molecule has 19 heavy (non-hydrogen) atoms. The molecule has 0 bridgehead atoms. The molecule has 0 aromatic heterocycles. The maximum atomic E-state index is 10.5.